The maximum absolute atomic E-state index is 12.2. The molecular weight excluding hydrogens is 230 g/mol. The van der Waals surface area contributed by atoms with Crippen LogP contribution in [-0.2, 0) is 0 Å². The van der Waals surface area contributed by atoms with E-state index in [-0.39, 0.29) is 5.91 Å². The Morgan fingerprint density at radius 1 is 1.61 bits per heavy atom. The van der Waals surface area contributed by atoms with Gasteiger partial charge in [0, 0.05) is 26.2 Å². The van der Waals surface area contributed by atoms with E-state index in [2.05, 4.69) is 22.0 Å². The number of piperidine rings is 1. The molecule has 1 aliphatic heterocycles. The van der Waals surface area contributed by atoms with Crippen molar-refractivity contribution in [3.63, 3.8) is 0 Å². The normalized spacial score (nSPS) is 17.9. The van der Waals surface area contributed by atoms with Crippen LogP contribution in [0.5, 0.6) is 0 Å². The molecule has 0 aromatic carbocycles. The van der Waals surface area contributed by atoms with E-state index in [0.29, 0.717) is 17.4 Å². The molecule has 1 aromatic heterocycles. The highest BCUT2D eigenvalue weighted by Crippen LogP contribution is 2.18. The van der Waals surface area contributed by atoms with Gasteiger partial charge in [-0.2, -0.15) is 5.10 Å². The first-order chi connectivity index (χ1) is 8.63. The second kappa shape index (κ2) is 5.39. The zero-order valence-electron chi connectivity index (χ0n) is 11.0. The second-order valence-corrected chi connectivity index (χ2v) is 4.78. The van der Waals surface area contributed by atoms with Crippen molar-refractivity contribution in [2.45, 2.75) is 25.8 Å². The first kappa shape index (κ1) is 12.9. The predicted molar refractivity (Wildman–Crippen MR) is 70.2 cm³/mol. The molecule has 0 spiro atoms. The summed E-state index contributed by atoms with van der Waals surface area (Å²) in [5.41, 5.74) is 6.15. The molecule has 1 aromatic rings. The van der Waals surface area contributed by atoms with Gasteiger partial charge in [-0.3, -0.25) is 9.89 Å². The fourth-order valence-corrected chi connectivity index (χ4v) is 2.45. The van der Waals surface area contributed by atoms with Gasteiger partial charge in [0.1, 0.15) is 11.4 Å². The number of nitrogens with two attached hydrogens (primary N) is 1. The number of rotatable bonds is 3. The lowest BCUT2D eigenvalue weighted by Gasteiger charge is -2.36. The monoisotopic (exact) mass is 251 g/mol. The lowest BCUT2D eigenvalue weighted by atomic mass is 10.0. The third-order valence-electron chi connectivity index (χ3n) is 3.77. The summed E-state index contributed by atoms with van der Waals surface area (Å²) in [6, 6.07) is 0.301. The molecule has 6 nitrogen and oxygen atoms in total. The van der Waals surface area contributed by atoms with Crippen LogP contribution in [0.2, 0.25) is 0 Å². The Hall–Kier alpha value is -1.56. The van der Waals surface area contributed by atoms with Crippen molar-refractivity contribution in [1.29, 1.82) is 0 Å². The molecule has 1 aliphatic rings. The lowest BCUT2D eigenvalue weighted by Crippen LogP contribution is -2.45. The molecule has 0 saturated carbocycles. The molecule has 0 radical (unpaired) electrons. The first-order valence-electron chi connectivity index (χ1n) is 6.41. The molecule has 0 bridgehead atoms. The van der Waals surface area contributed by atoms with E-state index >= 15 is 0 Å². The number of H-pyrrole nitrogens is 1. The number of amides is 1. The van der Waals surface area contributed by atoms with E-state index in [0.717, 1.165) is 32.5 Å². The predicted octanol–water partition coefficient (Wildman–Crippen LogP) is 0.548. The van der Waals surface area contributed by atoms with Crippen LogP contribution < -0.4 is 5.73 Å². The van der Waals surface area contributed by atoms with Gasteiger partial charge in [-0.1, -0.05) is 6.92 Å². The van der Waals surface area contributed by atoms with Crippen LogP contribution in [0, 0.1) is 0 Å². The SMILES string of the molecule is CCN1CCC(N(C)C(=O)c2cn[nH]c2N)CC1. The summed E-state index contributed by atoms with van der Waals surface area (Å²) >= 11 is 0. The molecule has 0 aliphatic carbocycles. The van der Waals surface area contributed by atoms with Gasteiger partial charge in [-0.25, -0.2) is 0 Å². The number of aromatic amines is 1. The van der Waals surface area contributed by atoms with Crippen LogP contribution in [0.4, 0.5) is 5.82 Å². The number of anilines is 1. The molecule has 3 N–H and O–H groups in total. The third kappa shape index (κ3) is 2.48. The Labute approximate surface area is 107 Å². The van der Waals surface area contributed by atoms with E-state index in [4.69, 9.17) is 5.73 Å². The van der Waals surface area contributed by atoms with Crippen LogP contribution in [0.1, 0.15) is 30.1 Å². The Morgan fingerprint density at radius 3 is 2.78 bits per heavy atom. The van der Waals surface area contributed by atoms with Crippen molar-refractivity contribution in [2.24, 2.45) is 0 Å². The maximum Gasteiger partial charge on any atom is 0.259 e. The molecule has 0 unspecified atom stereocenters. The van der Waals surface area contributed by atoms with Gasteiger partial charge < -0.3 is 15.5 Å². The van der Waals surface area contributed by atoms with Gasteiger partial charge in [0.2, 0.25) is 0 Å². The summed E-state index contributed by atoms with van der Waals surface area (Å²) in [4.78, 5) is 16.5. The van der Waals surface area contributed by atoms with Crippen LogP contribution in [0.3, 0.4) is 0 Å². The average Bonchev–Trinajstić information content (AvgIpc) is 2.83. The summed E-state index contributed by atoms with van der Waals surface area (Å²) < 4.78 is 0. The molecular formula is C12H21N5O. The average molecular weight is 251 g/mol. The summed E-state index contributed by atoms with van der Waals surface area (Å²) in [5.74, 6) is 0.300. The highest BCUT2D eigenvalue weighted by molar-refractivity contribution is 5.98. The van der Waals surface area contributed by atoms with Crippen molar-refractivity contribution < 1.29 is 4.79 Å². The summed E-state index contributed by atoms with van der Waals surface area (Å²) in [6.07, 6.45) is 3.54. The first-order valence-corrected chi connectivity index (χ1v) is 6.41. The molecule has 100 valence electrons. The number of hydrogen-bond acceptors (Lipinski definition) is 4. The van der Waals surface area contributed by atoms with Crippen LogP contribution in [0.15, 0.2) is 6.20 Å². The zero-order valence-corrected chi connectivity index (χ0v) is 11.0. The maximum atomic E-state index is 12.2. The fraction of sp³-hybridized carbons (Fsp3) is 0.667. The van der Waals surface area contributed by atoms with Crippen molar-refractivity contribution in [1.82, 2.24) is 20.0 Å². The van der Waals surface area contributed by atoms with Crippen molar-refractivity contribution in [3.05, 3.63) is 11.8 Å². The largest absolute Gasteiger partial charge is 0.383 e. The van der Waals surface area contributed by atoms with E-state index < -0.39 is 0 Å². The number of nitrogens with zero attached hydrogens (tertiary/aromatic N) is 3. The minimum atomic E-state index is -0.0452. The van der Waals surface area contributed by atoms with Crippen molar-refractivity contribution >= 4 is 11.7 Å². The molecule has 1 saturated heterocycles. The number of nitrogens with one attached hydrogen (secondary N) is 1. The minimum Gasteiger partial charge on any atom is -0.383 e. The molecule has 6 heteroatoms. The number of nitrogen functional groups attached to an aromatic ring is 1. The number of carbonyl (C=O) groups is 1. The fourth-order valence-electron chi connectivity index (χ4n) is 2.45. The van der Waals surface area contributed by atoms with E-state index in [1.807, 2.05) is 7.05 Å². The van der Waals surface area contributed by atoms with Crippen LogP contribution >= 0.6 is 0 Å². The van der Waals surface area contributed by atoms with Gasteiger partial charge in [0.25, 0.3) is 5.91 Å². The van der Waals surface area contributed by atoms with Crippen LogP contribution in [0.25, 0.3) is 0 Å². The molecule has 1 fully saturated rings. The zero-order chi connectivity index (χ0) is 13.1. The topological polar surface area (TPSA) is 78.2 Å². The molecule has 0 atom stereocenters. The Kier molecular flexibility index (Phi) is 3.86. The van der Waals surface area contributed by atoms with Gasteiger partial charge in [-0.05, 0) is 19.4 Å². The molecule has 2 heterocycles. The number of hydrogen-bond donors (Lipinski definition) is 2. The molecule has 18 heavy (non-hydrogen) atoms. The van der Waals surface area contributed by atoms with Crippen molar-refractivity contribution in [2.75, 3.05) is 32.4 Å². The van der Waals surface area contributed by atoms with E-state index in [1.54, 1.807) is 4.90 Å². The highest BCUT2D eigenvalue weighted by Gasteiger charge is 2.26. The van der Waals surface area contributed by atoms with Gasteiger partial charge in [-0.15, -0.1) is 0 Å². The summed E-state index contributed by atoms with van der Waals surface area (Å²) in [7, 11) is 1.85. The number of aromatic nitrogens is 2. The second-order valence-electron chi connectivity index (χ2n) is 4.78. The van der Waals surface area contributed by atoms with Gasteiger partial charge >= 0.3 is 0 Å². The quantitative estimate of drug-likeness (QED) is 0.822. The van der Waals surface area contributed by atoms with E-state index in [9.17, 15) is 4.79 Å². The third-order valence-corrected chi connectivity index (χ3v) is 3.77. The number of carbonyl (C=O) groups excluding carboxylic acids is 1. The van der Waals surface area contributed by atoms with E-state index in [1.165, 1.54) is 6.20 Å². The Morgan fingerprint density at radius 2 is 2.28 bits per heavy atom. The van der Waals surface area contributed by atoms with Gasteiger partial charge in [0.15, 0.2) is 0 Å². The highest BCUT2D eigenvalue weighted by atomic mass is 16.2. The smallest absolute Gasteiger partial charge is 0.259 e. The minimum absolute atomic E-state index is 0.0452. The summed E-state index contributed by atoms with van der Waals surface area (Å²) in [5, 5.41) is 6.39. The summed E-state index contributed by atoms with van der Waals surface area (Å²) in [6.45, 7) is 5.36. The number of likely N-dealkylation sites (tertiary alicyclic amines) is 1. The Bertz CT molecular complexity index is 408. The van der Waals surface area contributed by atoms with Crippen molar-refractivity contribution in [3.8, 4) is 0 Å². The molecule has 2 rings (SSSR count). The Balaban J connectivity index is 1.98. The van der Waals surface area contributed by atoms with Crippen LogP contribution in [-0.4, -0.2) is 58.6 Å². The van der Waals surface area contributed by atoms with Gasteiger partial charge in [0.05, 0.1) is 6.20 Å². The lowest BCUT2D eigenvalue weighted by molar-refractivity contribution is 0.0648. The molecule has 1 amide bonds. The standard InChI is InChI=1S/C12H21N5O/c1-3-17-6-4-9(5-7-17)16(2)12(18)10-8-14-15-11(10)13/h8-9H,3-7H2,1-2H3,(H3,13,14,15).